The molecule has 7 nitrogen and oxygen atoms in total. The molecule has 0 saturated carbocycles. The van der Waals surface area contributed by atoms with Crippen molar-refractivity contribution in [1.82, 2.24) is 4.90 Å². The molecule has 1 N–H and O–H groups in total. The molecule has 1 saturated heterocycles. The Hall–Kier alpha value is -3.74. The third-order valence-electron chi connectivity index (χ3n) is 4.84. The van der Waals surface area contributed by atoms with Gasteiger partial charge in [0.2, 0.25) is 0 Å². The maximum atomic E-state index is 12.9. The number of furan rings is 2. The average Bonchev–Trinajstić information content (AvgIpc) is 3.51. The highest BCUT2D eigenvalue weighted by Gasteiger charge is 2.47. The second kappa shape index (κ2) is 8.32. The third kappa shape index (κ3) is 3.61. The zero-order chi connectivity index (χ0) is 21.1. The van der Waals surface area contributed by atoms with Crippen LogP contribution < -0.4 is 4.74 Å². The van der Waals surface area contributed by atoms with E-state index in [0.29, 0.717) is 29.4 Å². The number of aliphatic hydroxyl groups is 1. The van der Waals surface area contributed by atoms with Crippen LogP contribution in [-0.2, 0) is 16.1 Å². The van der Waals surface area contributed by atoms with Gasteiger partial charge in [-0.25, -0.2) is 0 Å². The van der Waals surface area contributed by atoms with Gasteiger partial charge in [-0.3, -0.25) is 9.59 Å². The van der Waals surface area contributed by atoms with Gasteiger partial charge in [0, 0.05) is 5.56 Å². The summed E-state index contributed by atoms with van der Waals surface area (Å²) in [6.45, 7) is 2.59. The smallest absolute Gasteiger partial charge is 0.296 e. The van der Waals surface area contributed by atoms with E-state index in [9.17, 15) is 14.7 Å². The van der Waals surface area contributed by atoms with Crippen LogP contribution in [0.2, 0.25) is 0 Å². The monoisotopic (exact) mass is 407 g/mol. The quantitative estimate of drug-likeness (QED) is 0.357. The van der Waals surface area contributed by atoms with Crippen molar-refractivity contribution in [2.75, 3.05) is 6.61 Å². The summed E-state index contributed by atoms with van der Waals surface area (Å²) < 4.78 is 16.5. The van der Waals surface area contributed by atoms with Gasteiger partial charge in [0.05, 0.1) is 31.3 Å². The number of Topliss-reactive ketones (excluding diaryl/α,β-unsaturated/α-hetero) is 1. The van der Waals surface area contributed by atoms with Crippen LogP contribution in [0.1, 0.15) is 36.5 Å². The molecule has 0 spiro atoms. The minimum Gasteiger partial charge on any atom is -0.507 e. The second-order valence-electron chi connectivity index (χ2n) is 6.90. The van der Waals surface area contributed by atoms with E-state index < -0.39 is 17.7 Å². The number of nitrogens with zero attached hydrogens (tertiary/aromatic N) is 1. The zero-order valence-corrected chi connectivity index (χ0v) is 16.4. The van der Waals surface area contributed by atoms with E-state index in [-0.39, 0.29) is 17.9 Å². The minimum absolute atomic E-state index is 0.0332. The molecule has 154 valence electrons. The van der Waals surface area contributed by atoms with Gasteiger partial charge in [0.1, 0.15) is 29.1 Å². The number of ether oxygens (including phenoxy) is 1. The fourth-order valence-corrected chi connectivity index (χ4v) is 3.46. The number of carbonyl (C=O) groups excluding carboxylic acids is 2. The number of hydrogen-bond acceptors (Lipinski definition) is 6. The molecular weight excluding hydrogens is 386 g/mol. The van der Waals surface area contributed by atoms with E-state index in [1.54, 1.807) is 48.5 Å². The number of benzene rings is 1. The van der Waals surface area contributed by atoms with E-state index >= 15 is 0 Å². The lowest BCUT2D eigenvalue weighted by molar-refractivity contribution is -0.140. The van der Waals surface area contributed by atoms with E-state index in [0.717, 1.165) is 6.42 Å². The second-order valence-corrected chi connectivity index (χ2v) is 6.90. The number of aliphatic hydroxyl groups excluding tert-OH is 1. The largest absolute Gasteiger partial charge is 0.507 e. The molecule has 3 heterocycles. The Balaban J connectivity index is 1.78. The van der Waals surface area contributed by atoms with Crippen LogP contribution in [0.3, 0.4) is 0 Å². The average molecular weight is 407 g/mol. The Morgan fingerprint density at radius 3 is 2.60 bits per heavy atom. The van der Waals surface area contributed by atoms with Crippen LogP contribution in [0.15, 0.2) is 75.5 Å². The van der Waals surface area contributed by atoms with Crippen LogP contribution in [0, 0.1) is 0 Å². The number of amides is 1. The van der Waals surface area contributed by atoms with Crippen LogP contribution >= 0.6 is 0 Å². The molecule has 30 heavy (non-hydrogen) atoms. The summed E-state index contributed by atoms with van der Waals surface area (Å²) in [6, 6.07) is 12.7. The first kappa shape index (κ1) is 19.6. The predicted molar refractivity (Wildman–Crippen MR) is 107 cm³/mol. The Labute approximate surface area is 173 Å². The SMILES string of the molecule is CCCOc1cccc(/C(O)=C2\C(=O)C(=O)N(Cc3ccco3)C2c2ccco2)c1. The van der Waals surface area contributed by atoms with Gasteiger partial charge < -0.3 is 23.6 Å². The molecule has 3 aromatic rings. The number of carbonyl (C=O) groups is 2. The maximum Gasteiger partial charge on any atom is 0.296 e. The highest BCUT2D eigenvalue weighted by Crippen LogP contribution is 2.40. The topological polar surface area (TPSA) is 93.1 Å². The molecule has 1 unspecified atom stereocenters. The molecular formula is C23H21NO6. The normalized spacial score (nSPS) is 18.2. The Kier molecular flexibility index (Phi) is 5.43. The number of hydrogen-bond donors (Lipinski definition) is 1. The molecule has 2 aromatic heterocycles. The van der Waals surface area contributed by atoms with Crippen molar-refractivity contribution in [3.63, 3.8) is 0 Å². The van der Waals surface area contributed by atoms with Crippen LogP contribution in [-0.4, -0.2) is 28.3 Å². The molecule has 0 bridgehead atoms. The molecule has 1 fully saturated rings. The lowest BCUT2D eigenvalue weighted by Gasteiger charge is -2.22. The minimum atomic E-state index is -0.870. The van der Waals surface area contributed by atoms with Gasteiger partial charge in [0.15, 0.2) is 0 Å². The molecule has 1 amide bonds. The van der Waals surface area contributed by atoms with Crippen molar-refractivity contribution in [2.45, 2.75) is 25.9 Å². The van der Waals surface area contributed by atoms with Crippen molar-refractivity contribution in [3.8, 4) is 5.75 Å². The first-order chi connectivity index (χ1) is 14.6. The zero-order valence-electron chi connectivity index (χ0n) is 16.4. The van der Waals surface area contributed by atoms with Crippen LogP contribution in [0.5, 0.6) is 5.75 Å². The highest BCUT2D eigenvalue weighted by molar-refractivity contribution is 6.46. The van der Waals surface area contributed by atoms with Crippen molar-refractivity contribution in [2.24, 2.45) is 0 Å². The summed E-state index contributed by atoms with van der Waals surface area (Å²) in [7, 11) is 0. The fraction of sp³-hybridized carbons (Fsp3) is 0.217. The van der Waals surface area contributed by atoms with Crippen LogP contribution in [0.4, 0.5) is 0 Å². The van der Waals surface area contributed by atoms with Crippen molar-refractivity contribution in [3.05, 3.63) is 83.7 Å². The number of rotatable bonds is 7. The first-order valence-electron chi connectivity index (χ1n) is 9.67. The molecule has 4 rings (SSSR count). The van der Waals surface area contributed by atoms with Gasteiger partial charge in [-0.1, -0.05) is 19.1 Å². The van der Waals surface area contributed by atoms with Crippen LogP contribution in [0.25, 0.3) is 5.76 Å². The third-order valence-corrected chi connectivity index (χ3v) is 4.84. The number of ketones is 1. The standard InChI is InChI=1S/C23H21NO6/c1-2-10-28-16-7-3-6-15(13-16)21(25)19-20(18-9-5-12-30-18)24(23(27)22(19)26)14-17-8-4-11-29-17/h3-9,11-13,20,25H,2,10,14H2,1H3/b21-19+. The summed E-state index contributed by atoms with van der Waals surface area (Å²) in [5.74, 6) is -0.323. The van der Waals surface area contributed by atoms with E-state index in [2.05, 4.69) is 0 Å². The van der Waals surface area contributed by atoms with Gasteiger partial charge in [-0.15, -0.1) is 0 Å². The summed E-state index contributed by atoms with van der Waals surface area (Å²) in [6.07, 6.45) is 3.80. The Morgan fingerprint density at radius 1 is 1.10 bits per heavy atom. The van der Waals surface area contributed by atoms with Gasteiger partial charge >= 0.3 is 0 Å². The molecule has 0 aliphatic carbocycles. The molecule has 1 aromatic carbocycles. The van der Waals surface area contributed by atoms with Crippen molar-refractivity contribution >= 4 is 17.4 Å². The molecule has 7 heteroatoms. The summed E-state index contributed by atoms with van der Waals surface area (Å²) in [5, 5.41) is 11.0. The van der Waals surface area contributed by atoms with Gasteiger partial charge in [0.25, 0.3) is 11.7 Å². The van der Waals surface area contributed by atoms with Gasteiger partial charge in [-0.05, 0) is 42.8 Å². The lowest BCUT2D eigenvalue weighted by atomic mass is 9.99. The van der Waals surface area contributed by atoms with Gasteiger partial charge in [-0.2, -0.15) is 0 Å². The lowest BCUT2D eigenvalue weighted by Crippen LogP contribution is -2.28. The molecule has 0 radical (unpaired) electrons. The Bertz CT molecular complexity index is 1070. The van der Waals surface area contributed by atoms with Crippen molar-refractivity contribution in [1.29, 1.82) is 0 Å². The molecule has 1 atom stereocenters. The highest BCUT2D eigenvalue weighted by atomic mass is 16.5. The summed E-state index contributed by atoms with van der Waals surface area (Å²) in [5.41, 5.74) is 0.352. The van der Waals surface area contributed by atoms with E-state index in [4.69, 9.17) is 13.6 Å². The molecule has 1 aliphatic heterocycles. The van der Waals surface area contributed by atoms with E-state index in [1.807, 2.05) is 6.92 Å². The fourth-order valence-electron chi connectivity index (χ4n) is 3.46. The van der Waals surface area contributed by atoms with Crippen molar-refractivity contribution < 1.29 is 28.3 Å². The predicted octanol–water partition coefficient (Wildman–Crippen LogP) is 4.28. The first-order valence-corrected chi connectivity index (χ1v) is 9.67. The summed E-state index contributed by atoms with van der Waals surface area (Å²) in [4.78, 5) is 27.1. The van der Waals surface area contributed by atoms with E-state index in [1.165, 1.54) is 17.4 Å². The number of likely N-dealkylation sites (tertiary alicyclic amines) is 1. The Morgan fingerprint density at radius 2 is 1.90 bits per heavy atom. The maximum absolute atomic E-state index is 12.9. The summed E-state index contributed by atoms with van der Waals surface area (Å²) >= 11 is 0. The molecule has 1 aliphatic rings.